The number of fused-ring (bicyclic) bond motifs is 1. The Morgan fingerprint density at radius 3 is 2.61 bits per heavy atom. The van der Waals surface area contributed by atoms with E-state index in [-0.39, 0.29) is 4.90 Å². The molecule has 2 aromatic carbocycles. The molecule has 23 heavy (non-hydrogen) atoms. The average Bonchev–Trinajstić information content (AvgIpc) is 2.92. The number of rotatable bonds is 5. The van der Waals surface area contributed by atoms with Gasteiger partial charge in [-0.05, 0) is 17.4 Å². The molecule has 5 nitrogen and oxygen atoms in total. The van der Waals surface area contributed by atoms with Crippen molar-refractivity contribution in [3.05, 3.63) is 47.5 Å². The Hall–Kier alpha value is -1.99. The van der Waals surface area contributed by atoms with Crippen LogP contribution in [0.5, 0.6) is 0 Å². The zero-order valence-electron chi connectivity index (χ0n) is 12.9. The van der Waals surface area contributed by atoms with E-state index in [1.54, 1.807) is 18.2 Å². The summed E-state index contributed by atoms with van der Waals surface area (Å²) >= 11 is 1.28. The second-order valence-corrected chi connectivity index (χ2v) is 8.39. The molecule has 0 spiro atoms. The molecule has 7 heteroatoms. The number of hydrogen-bond donors (Lipinski definition) is 1. The minimum absolute atomic E-state index is 0.246. The maximum atomic E-state index is 12.7. The van der Waals surface area contributed by atoms with Crippen molar-refractivity contribution >= 4 is 37.3 Å². The Balaban J connectivity index is 1.93. The van der Waals surface area contributed by atoms with Crippen molar-refractivity contribution in [2.45, 2.75) is 25.2 Å². The number of benzene rings is 2. The molecule has 0 saturated carbocycles. The van der Waals surface area contributed by atoms with Crippen LogP contribution in [0.3, 0.4) is 0 Å². The van der Waals surface area contributed by atoms with Crippen LogP contribution in [0.2, 0.25) is 0 Å². The van der Waals surface area contributed by atoms with Gasteiger partial charge in [0.05, 0.1) is 4.90 Å². The van der Waals surface area contributed by atoms with Crippen molar-refractivity contribution in [1.82, 2.24) is 10.2 Å². The highest BCUT2D eigenvalue weighted by atomic mass is 32.2. The molecule has 0 aliphatic heterocycles. The lowest BCUT2D eigenvalue weighted by Crippen LogP contribution is -2.13. The molecule has 120 valence electrons. The van der Waals surface area contributed by atoms with Crippen LogP contribution in [-0.4, -0.2) is 18.6 Å². The molecule has 1 heterocycles. The van der Waals surface area contributed by atoms with Crippen molar-refractivity contribution in [3.63, 3.8) is 0 Å². The van der Waals surface area contributed by atoms with E-state index in [0.29, 0.717) is 16.4 Å². The maximum Gasteiger partial charge on any atom is 0.264 e. The van der Waals surface area contributed by atoms with Gasteiger partial charge < -0.3 is 0 Å². The summed E-state index contributed by atoms with van der Waals surface area (Å²) in [5.41, 5.74) is 0. The Morgan fingerprint density at radius 2 is 1.83 bits per heavy atom. The molecule has 0 aliphatic carbocycles. The summed E-state index contributed by atoms with van der Waals surface area (Å²) in [6, 6.07) is 12.6. The number of aromatic nitrogens is 2. The summed E-state index contributed by atoms with van der Waals surface area (Å²) in [4.78, 5) is 0.246. The van der Waals surface area contributed by atoms with Gasteiger partial charge in [-0.3, -0.25) is 4.72 Å². The fraction of sp³-hybridized carbons (Fsp3) is 0.250. The molecular weight excluding hydrogens is 330 g/mol. The topological polar surface area (TPSA) is 72.0 Å². The van der Waals surface area contributed by atoms with Gasteiger partial charge in [0.25, 0.3) is 10.0 Å². The van der Waals surface area contributed by atoms with Gasteiger partial charge in [0.15, 0.2) is 0 Å². The normalized spacial score (nSPS) is 12.0. The minimum Gasteiger partial charge on any atom is -0.253 e. The summed E-state index contributed by atoms with van der Waals surface area (Å²) in [6.07, 6.45) is 0.785. The largest absolute Gasteiger partial charge is 0.264 e. The first-order valence-electron chi connectivity index (χ1n) is 7.28. The SMILES string of the molecule is CC(C)Cc1nnc(NS(=O)(=O)c2cccc3ccccc23)s1. The number of sulfonamides is 1. The second-order valence-electron chi connectivity index (χ2n) is 5.68. The number of anilines is 1. The lowest BCUT2D eigenvalue weighted by atomic mass is 10.1. The molecule has 0 aliphatic rings. The van der Waals surface area contributed by atoms with E-state index in [2.05, 4.69) is 28.8 Å². The average molecular weight is 347 g/mol. The van der Waals surface area contributed by atoms with Crippen LogP contribution in [0.15, 0.2) is 47.4 Å². The van der Waals surface area contributed by atoms with Gasteiger partial charge in [0.2, 0.25) is 5.13 Å². The Bertz CT molecular complexity index is 928. The summed E-state index contributed by atoms with van der Waals surface area (Å²) in [5.74, 6) is 0.450. The Morgan fingerprint density at radius 1 is 1.09 bits per heavy atom. The molecule has 0 bridgehead atoms. The molecule has 0 atom stereocenters. The zero-order valence-corrected chi connectivity index (χ0v) is 14.5. The van der Waals surface area contributed by atoms with E-state index in [0.717, 1.165) is 16.8 Å². The molecule has 1 aromatic heterocycles. The molecule has 1 N–H and O–H groups in total. The quantitative estimate of drug-likeness (QED) is 0.764. The van der Waals surface area contributed by atoms with E-state index >= 15 is 0 Å². The van der Waals surface area contributed by atoms with Gasteiger partial charge in [-0.25, -0.2) is 8.42 Å². The van der Waals surface area contributed by atoms with Crippen LogP contribution < -0.4 is 4.72 Å². The summed E-state index contributed by atoms with van der Waals surface area (Å²) in [6.45, 7) is 4.17. The Kier molecular flexibility index (Phi) is 4.32. The van der Waals surface area contributed by atoms with Crippen molar-refractivity contribution in [3.8, 4) is 0 Å². The van der Waals surface area contributed by atoms with Crippen LogP contribution >= 0.6 is 11.3 Å². The van der Waals surface area contributed by atoms with Crippen molar-refractivity contribution < 1.29 is 8.42 Å². The summed E-state index contributed by atoms with van der Waals surface area (Å²) in [5, 5.41) is 10.7. The van der Waals surface area contributed by atoms with Gasteiger partial charge in [-0.15, -0.1) is 10.2 Å². The zero-order chi connectivity index (χ0) is 16.4. The lowest BCUT2D eigenvalue weighted by Gasteiger charge is -2.08. The molecule has 0 radical (unpaired) electrons. The fourth-order valence-electron chi connectivity index (χ4n) is 2.33. The third-order valence-corrected chi connectivity index (χ3v) is 5.70. The predicted octanol–water partition coefficient (Wildman–Crippen LogP) is 3.69. The third-order valence-electron chi connectivity index (χ3n) is 3.31. The molecule has 3 rings (SSSR count). The van der Waals surface area contributed by atoms with Crippen LogP contribution in [0.4, 0.5) is 5.13 Å². The van der Waals surface area contributed by atoms with E-state index < -0.39 is 10.0 Å². The van der Waals surface area contributed by atoms with Crippen LogP contribution in [0.1, 0.15) is 18.9 Å². The second kappa shape index (κ2) is 6.25. The highest BCUT2D eigenvalue weighted by Gasteiger charge is 2.19. The number of hydrogen-bond acceptors (Lipinski definition) is 5. The van der Waals surface area contributed by atoms with E-state index in [9.17, 15) is 8.42 Å². The predicted molar refractivity (Wildman–Crippen MR) is 93.2 cm³/mol. The Labute approximate surface area is 139 Å². The van der Waals surface area contributed by atoms with Gasteiger partial charge in [0.1, 0.15) is 5.01 Å². The van der Waals surface area contributed by atoms with Crippen LogP contribution in [0.25, 0.3) is 10.8 Å². The highest BCUT2D eigenvalue weighted by Crippen LogP contribution is 2.26. The molecule has 0 unspecified atom stereocenters. The monoisotopic (exact) mass is 347 g/mol. The molecule has 0 amide bonds. The standard InChI is InChI=1S/C16H17N3O2S2/c1-11(2)10-15-17-18-16(22-15)19-23(20,21)14-9-5-7-12-6-3-4-8-13(12)14/h3-9,11H,10H2,1-2H3,(H,18,19). The minimum atomic E-state index is -3.70. The van der Waals surface area contributed by atoms with Crippen LogP contribution in [0, 0.1) is 5.92 Å². The number of nitrogens with one attached hydrogen (secondary N) is 1. The van der Waals surface area contributed by atoms with Crippen molar-refractivity contribution in [2.75, 3.05) is 4.72 Å². The summed E-state index contributed by atoms with van der Waals surface area (Å²) < 4.78 is 27.9. The first kappa shape index (κ1) is 15.9. The lowest BCUT2D eigenvalue weighted by molar-refractivity contribution is 0.602. The van der Waals surface area contributed by atoms with Gasteiger partial charge >= 0.3 is 0 Å². The fourth-order valence-corrected chi connectivity index (χ4v) is 4.74. The molecule has 0 fully saturated rings. The maximum absolute atomic E-state index is 12.7. The van der Waals surface area contributed by atoms with Gasteiger partial charge in [0, 0.05) is 11.8 Å². The third kappa shape index (κ3) is 3.51. The van der Waals surface area contributed by atoms with E-state index in [1.807, 2.05) is 24.3 Å². The molecule has 0 saturated heterocycles. The van der Waals surface area contributed by atoms with Gasteiger partial charge in [-0.1, -0.05) is 61.6 Å². The molecule has 3 aromatic rings. The highest BCUT2D eigenvalue weighted by molar-refractivity contribution is 7.93. The van der Waals surface area contributed by atoms with Crippen LogP contribution in [-0.2, 0) is 16.4 Å². The number of nitrogens with zero attached hydrogens (tertiary/aromatic N) is 2. The van der Waals surface area contributed by atoms with Crippen molar-refractivity contribution in [2.24, 2.45) is 5.92 Å². The summed E-state index contributed by atoms with van der Waals surface area (Å²) in [7, 11) is -3.70. The smallest absolute Gasteiger partial charge is 0.253 e. The first-order valence-corrected chi connectivity index (χ1v) is 9.58. The molecular formula is C16H17N3O2S2. The van der Waals surface area contributed by atoms with E-state index in [4.69, 9.17) is 0 Å². The van der Waals surface area contributed by atoms with E-state index in [1.165, 1.54) is 11.3 Å². The first-order chi connectivity index (χ1) is 11.0. The van der Waals surface area contributed by atoms with Crippen molar-refractivity contribution in [1.29, 1.82) is 0 Å². The van der Waals surface area contributed by atoms with Gasteiger partial charge in [-0.2, -0.15) is 0 Å².